The van der Waals surface area contributed by atoms with Crippen LogP contribution in [0.25, 0.3) is 0 Å². The van der Waals surface area contributed by atoms with E-state index in [1.54, 1.807) is 0 Å². The average Bonchev–Trinajstić information content (AvgIpc) is 2.33. The van der Waals surface area contributed by atoms with E-state index in [2.05, 4.69) is 22.9 Å². The minimum absolute atomic E-state index is 0.0739. The van der Waals surface area contributed by atoms with Crippen molar-refractivity contribution in [2.45, 2.75) is 26.3 Å². The van der Waals surface area contributed by atoms with Crippen molar-refractivity contribution in [2.75, 3.05) is 13.1 Å². The fourth-order valence-corrected chi connectivity index (χ4v) is 2.30. The molecule has 1 aliphatic heterocycles. The predicted molar refractivity (Wildman–Crippen MR) is 66.2 cm³/mol. The Labute approximate surface area is 102 Å². The highest BCUT2D eigenvalue weighted by Gasteiger charge is 2.23. The Morgan fingerprint density at radius 2 is 2.24 bits per heavy atom. The third-order valence-electron chi connectivity index (χ3n) is 3.52. The van der Waals surface area contributed by atoms with Crippen molar-refractivity contribution in [3.8, 4) is 0 Å². The van der Waals surface area contributed by atoms with Crippen molar-refractivity contribution in [1.82, 2.24) is 9.88 Å². The number of likely N-dealkylation sites (tertiary alicyclic amines) is 1. The lowest BCUT2D eigenvalue weighted by molar-refractivity contribution is -0.123. The highest BCUT2D eigenvalue weighted by atomic mass is 16.1. The Bertz CT molecular complexity index is 397. The first-order valence-corrected chi connectivity index (χ1v) is 6.08. The number of nitrogens with zero attached hydrogens (tertiary/aromatic N) is 2. The highest BCUT2D eigenvalue weighted by Crippen LogP contribution is 2.19. The Kier molecular flexibility index (Phi) is 3.74. The summed E-state index contributed by atoms with van der Waals surface area (Å²) in [5.41, 5.74) is 7.87. The van der Waals surface area contributed by atoms with Gasteiger partial charge in [-0.2, -0.15) is 0 Å². The fourth-order valence-electron chi connectivity index (χ4n) is 2.30. The van der Waals surface area contributed by atoms with Crippen LogP contribution in [0, 0.1) is 12.8 Å². The number of hydrogen-bond acceptors (Lipinski definition) is 3. The normalized spacial score (nSPS) is 18.2. The van der Waals surface area contributed by atoms with E-state index in [4.69, 9.17) is 5.73 Å². The highest BCUT2D eigenvalue weighted by molar-refractivity contribution is 5.76. The van der Waals surface area contributed by atoms with Crippen LogP contribution in [0.3, 0.4) is 0 Å². The van der Waals surface area contributed by atoms with E-state index in [9.17, 15) is 4.79 Å². The maximum atomic E-state index is 11.1. The number of carbonyl (C=O) groups excluding carboxylic acids is 1. The summed E-state index contributed by atoms with van der Waals surface area (Å²) in [6, 6.07) is 2.06. The molecule has 2 heterocycles. The molecule has 1 aromatic heterocycles. The number of amides is 1. The summed E-state index contributed by atoms with van der Waals surface area (Å²) in [6.45, 7) is 4.93. The van der Waals surface area contributed by atoms with Gasteiger partial charge in [0.1, 0.15) is 0 Å². The molecular weight excluding hydrogens is 214 g/mol. The van der Waals surface area contributed by atoms with E-state index >= 15 is 0 Å². The second kappa shape index (κ2) is 5.27. The molecule has 1 amide bonds. The lowest BCUT2D eigenvalue weighted by atomic mass is 9.96. The third kappa shape index (κ3) is 3.03. The molecule has 17 heavy (non-hydrogen) atoms. The predicted octanol–water partition coefficient (Wildman–Crippen LogP) is 1.09. The van der Waals surface area contributed by atoms with Gasteiger partial charge in [-0.1, -0.05) is 0 Å². The number of hydrogen-bond donors (Lipinski definition) is 1. The minimum atomic E-state index is -0.148. The third-order valence-corrected chi connectivity index (χ3v) is 3.52. The maximum Gasteiger partial charge on any atom is 0.220 e. The molecular formula is C13H19N3O. The van der Waals surface area contributed by atoms with Gasteiger partial charge in [-0.15, -0.1) is 0 Å². The number of aromatic nitrogens is 1. The molecule has 0 unspecified atom stereocenters. The maximum absolute atomic E-state index is 11.1. The Morgan fingerprint density at radius 3 is 2.82 bits per heavy atom. The smallest absolute Gasteiger partial charge is 0.220 e. The molecule has 0 atom stereocenters. The van der Waals surface area contributed by atoms with Crippen LogP contribution in [0.1, 0.15) is 24.0 Å². The molecule has 0 spiro atoms. The van der Waals surface area contributed by atoms with Crippen molar-refractivity contribution in [3.05, 3.63) is 29.6 Å². The molecule has 1 aliphatic rings. The van der Waals surface area contributed by atoms with Gasteiger partial charge < -0.3 is 5.73 Å². The van der Waals surface area contributed by atoms with Crippen LogP contribution in [-0.4, -0.2) is 28.9 Å². The number of pyridine rings is 1. The summed E-state index contributed by atoms with van der Waals surface area (Å²) >= 11 is 0. The zero-order valence-corrected chi connectivity index (χ0v) is 10.2. The Balaban J connectivity index is 1.90. The topological polar surface area (TPSA) is 59.2 Å². The molecule has 4 heteroatoms. The van der Waals surface area contributed by atoms with Gasteiger partial charge in [0, 0.05) is 24.9 Å². The summed E-state index contributed by atoms with van der Waals surface area (Å²) in [7, 11) is 0. The van der Waals surface area contributed by atoms with Gasteiger partial charge in [0.05, 0.1) is 0 Å². The number of rotatable bonds is 3. The molecule has 4 nitrogen and oxygen atoms in total. The van der Waals surface area contributed by atoms with Gasteiger partial charge in [-0.3, -0.25) is 14.7 Å². The molecule has 1 fully saturated rings. The van der Waals surface area contributed by atoms with E-state index in [-0.39, 0.29) is 11.8 Å². The SMILES string of the molecule is Cc1cnccc1CN1CCC(C(N)=O)CC1. The van der Waals surface area contributed by atoms with Crippen LogP contribution in [0.15, 0.2) is 18.5 Å². The minimum Gasteiger partial charge on any atom is -0.369 e. The van der Waals surface area contributed by atoms with Crippen LogP contribution >= 0.6 is 0 Å². The number of nitrogens with two attached hydrogens (primary N) is 1. The molecule has 0 saturated carbocycles. The van der Waals surface area contributed by atoms with Crippen LogP contribution < -0.4 is 5.73 Å². The zero-order chi connectivity index (χ0) is 12.3. The second-order valence-electron chi connectivity index (χ2n) is 4.75. The van der Waals surface area contributed by atoms with E-state index < -0.39 is 0 Å². The van der Waals surface area contributed by atoms with Crippen LogP contribution in [0.2, 0.25) is 0 Å². The van der Waals surface area contributed by atoms with Crippen LogP contribution in [-0.2, 0) is 11.3 Å². The second-order valence-corrected chi connectivity index (χ2v) is 4.75. The zero-order valence-electron chi connectivity index (χ0n) is 10.2. The van der Waals surface area contributed by atoms with Gasteiger partial charge in [-0.25, -0.2) is 0 Å². The van der Waals surface area contributed by atoms with Gasteiger partial charge in [0.25, 0.3) is 0 Å². The van der Waals surface area contributed by atoms with Gasteiger partial charge in [0.2, 0.25) is 5.91 Å². The van der Waals surface area contributed by atoms with E-state index in [1.165, 1.54) is 11.1 Å². The molecule has 2 N–H and O–H groups in total. The number of primary amides is 1. The standard InChI is InChI=1S/C13H19N3O/c1-10-8-15-5-2-12(10)9-16-6-3-11(4-7-16)13(14)17/h2,5,8,11H,3-4,6-7,9H2,1H3,(H2,14,17). The average molecular weight is 233 g/mol. The summed E-state index contributed by atoms with van der Waals surface area (Å²) in [5.74, 6) is -0.0745. The first-order chi connectivity index (χ1) is 8.16. The van der Waals surface area contributed by atoms with E-state index in [0.717, 1.165) is 32.5 Å². The van der Waals surface area contributed by atoms with Crippen molar-refractivity contribution in [1.29, 1.82) is 0 Å². The van der Waals surface area contributed by atoms with E-state index in [1.807, 2.05) is 12.4 Å². The fraction of sp³-hybridized carbons (Fsp3) is 0.538. The van der Waals surface area contributed by atoms with Crippen molar-refractivity contribution in [2.24, 2.45) is 11.7 Å². The lowest BCUT2D eigenvalue weighted by Gasteiger charge is -2.30. The number of carbonyl (C=O) groups is 1. The Hall–Kier alpha value is -1.42. The monoisotopic (exact) mass is 233 g/mol. The van der Waals surface area contributed by atoms with Crippen LogP contribution in [0.5, 0.6) is 0 Å². The summed E-state index contributed by atoms with van der Waals surface area (Å²) < 4.78 is 0. The van der Waals surface area contributed by atoms with Crippen molar-refractivity contribution in [3.63, 3.8) is 0 Å². The first kappa shape index (κ1) is 12.0. The molecule has 0 aromatic carbocycles. The van der Waals surface area contributed by atoms with E-state index in [0.29, 0.717) is 0 Å². The molecule has 0 aliphatic carbocycles. The van der Waals surface area contributed by atoms with Crippen molar-refractivity contribution < 1.29 is 4.79 Å². The molecule has 2 rings (SSSR count). The first-order valence-electron chi connectivity index (χ1n) is 6.08. The quantitative estimate of drug-likeness (QED) is 0.850. The summed E-state index contributed by atoms with van der Waals surface area (Å²) in [4.78, 5) is 17.5. The van der Waals surface area contributed by atoms with Gasteiger partial charge >= 0.3 is 0 Å². The van der Waals surface area contributed by atoms with Gasteiger partial charge in [0.15, 0.2) is 0 Å². The number of aryl methyl sites for hydroxylation is 1. The summed E-state index contributed by atoms with van der Waals surface area (Å²) in [5, 5.41) is 0. The molecule has 0 bridgehead atoms. The van der Waals surface area contributed by atoms with Crippen molar-refractivity contribution >= 4 is 5.91 Å². The summed E-state index contributed by atoms with van der Waals surface area (Å²) in [6.07, 6.45) is 5.50. The molecule has 1 saturated heterocycles. The number of piperidine rings is 1. The Morgan fingerprint density at radius 1 is 1.53 bits per heavy atom. The van der Waals surface area contributed by atoms with Crippen LogP contribution in [0.4, 0.5) is 0 Å². The largest absolute Gasteiger partial charge is 0.369 e. The molecule has 0 radical (unpaired) electrons. The molecule has 1 aromatic rings. The lowest BCUT2D eigenvalue weighted by Crippen LogP contribution is -2.38. The molecule has 92 valence electrons. The van der Waals surface area contributed by atoms with Gasteiger partial charge in [-0.05, 0) is 50.0 Å².